The number of rotatable bonds is 10. The second kappa shape index (κ2) is 11.1. The number of benzene rings is 2. The molecule has 158 valence electrons. The van der Waals surface area contributed by atoms with Gasteiger partial charge in [-0.1, -0.05) is 47.5 Å². The van der Waals surface area contributed by atoms with Crippen molar-refractivity contribution in [3.8, 4) is 0 Å². The molecule has 2 aromatic carbocycles. The minimum Gasteiger partial charge on any atom is -0.354 e. The van der Waals surface area contributed by atoms with Crippen LogP contribution >= 0.6 is 35.0 Å². The van der Waals surface area contributed by atoms with Gasteiger partial charge in [-0.25, -0.2) is 8.42 Å². The van der Waals surface area contributed by atoms with Crippen LogP contribution in [0.3, 0.4) is 0 Å². The van der Waals surface area contributed by atoms with Gasteiger partial charge in [0.1, 0.15) is 6.54 Å². The van der Waals surface area contributed by atoms with E-state index in [4.69, 9.17) is 23.2 Å². The molecule has 0 fully saturated rings. The number of nitrogens with zero attached hydrogens (tertiary/aromatic N) is 1. The number of hydrogen-bond acceptors (Lipinski definition) is 4. The summed E-state index contributed by atoms with van der Waals surface area (Å²) in [5.74, 6) is 1.44. The van der Waals surface area contributed by atoms with Crippen molar-refractivity contribution in [1.82, 2.24) is 5.32 Å². The van der Waals surface area contributed by atoms with Crippen LogP contribution in [0.5, 0.6) is 0 Å². The Hall–Kier alpha value is -1.41. The quantitative estimate of drug-likeness (QED) is 0.514. The van der Waals surface area contributed by atoms with Crippen molar-refractivity contribution in [3.05, 3.63) is 63.6 Å². The molecule has 0 aliphatic carbocycles. The first-order valence-corrected chi connectivity index (χ1v) is 12.8. The number of carbonyl (C=O) groups is 1. The van der Waals surface area contributed by atoms with Crippen molar-refractivity contribution in [3.63, 3.8) is 0 Å². The summed E-state index contributed by atoms with van der Waals surface area (Å²) in [4.78, 5) is 12.3. The van der Waals surface area contributed by atoms with Crippen LogP contribution in [0.2, 0.25) is 10.0 Å². The predicted octanol–water partition coefficient (Wildman–Crippen LogP) is 4.51. The Morgan fingerprint density at radius 1 is 1.17 bits per heavy atom. The zero-order valence-corrected chi connectivity index (χ0v) is 19.5. The molecule has 0 aromatic heterocycles. The van der Waals surface area contributed by atoms with Gasteiger partial charge in [0.25, 0.3) is 0 Å². The molecule has 1 amide bonds. The van der Waals surface area contributed by atoms with Crippen LogP contribution in [0.4, 0.5) is 5.69 Å². The van der Waals surface area contributed by atoms with E-state index in [1.165, 1.54) is 29.3 Å². The molecule has 0 radical (unpaired) electrons. The van der Waals surface area contributed by atoms with Gasteiger partial charge in [0, 0.05) is 17.3 Å². The molecular formula is C20H24Cl2N2O3S2. The van der Waals surface area contributed by atoms with Gasteiger partial charge in [0.15, 0.2) is 0 Å². The average Bonchev–Trinajstić information content (AvgIpc) is 2.63. The van der Waals surface area contributed by atoms with E-state index in [0.717, 1.165) is 28.5 Å². The summed E-state index contributed by atoms with van der Waals surface area (Å²) in [6, 6.07) is 12.7. The monoisotopic (exact) mass is 474 g/mol. The first kappa shape index (κ1) is 23.9. The third-order valence-electron chi connectivity index (χ3n) is 4.17. The van der Waals surface area contributed by atoms with E-state index >= 15 is 0 Å². The third kappa shape index (κ3) is 7.74. The fourth-order valence-electron chi connectivity index (χ4n) is 2.61. The third-order valence-corrected chi connectivity index (χ3v) is 6.93. The highest BCUT2D eigenvalue weighted by Gasteiger charge is 2.23. The van der Waals surface area contributed by atoms with Crippen LogP contribution in [-0.2, 0) is 20.6 Å². The predicted molar refractivity (Wildman–Crippen MR) is 124 cm³/mol. The van der Waals surface area contributed by atoms with E-state index in [2.05, 4.69) is 24.4 Å². The van der Waals surface area contributed by atoms with Gasteiger partial charge < -0.3 is 5.32 Å². The van der Waals surface area contributed by atoms with E-state index < -0.39 is 10.0 Å². The summed E-state index contributed by atoms with van der Waals surface area (Å²) in [5, 5.41) is 3.33. The van der Waals surface area contributed by atoms with Crippen LogP contribution in [0.25, 0.3) is 0 Å². The summed E-state index contributed by atoms with van der Waals surface area (Å²) in [6.07, 6.45) is 1.83. The normalized spacial score (nSPS) is 11.3. The highest BCUT2D eigenvalue weighted by Crippen LogP contribution is 2.30. The summed E-state index contributed by atoms with van der Waals surface area (Å²) in [6.45, 7) is 2.23. The maximum absolute atomic E-state index is 12.3. The number of amides is 1. The number of sulfonamides is 1. The summed E-state index contributed by atoms with van der Waals surface area (Å²) in [7, 11) is -3.68. The van der Waals surface area contributed by atoms with Gasteiger partial charge in [0.05, 0.1) is 17.0 Å². The Labute approximate surface area is 186 Å². The van der Waals surface area contributed by atoms with E-state index in [1.807, 2.05) is 12.1 Å². The van der Waals surface area contributed by atoms with Crippen molar-refractivity contribution in [2.45, 2.75) is 19.1 Å². The van der Waals surface area contributed by atoms with Gasteiger partial charge in [-0.3, -0.25) is 9.10 Å². The first-order chi connectivity index (χ1) is 13.7. The molecule has 0 atom stereocenters. The summed E-state index contributed by atoms with van der Waals surface area (Å²) < 4.78 is 25.2. The van der Waals surface area contributed by atoms with Crippen LogP contribution in [0.15, 0.2) is 42.5 Å². The van der Waals surface area contributed by atoms with Crippen molar-refractivity contribution in [1.29, 1.82) is 0 Å². The lowest BCUT2D eigenvalue weighted by molar-refractivity contribution is -0.119. The fraction of sp³-hybridized carbons (Fsp3) is 0.350. The largest absolute Gasteiger partial charge is 0.354 e. The molecule has 0 aliphatic rings. The smallest absolute Gasteiger partial charge is 0.240 e. The molecule has 0 bridgehead atoms. The fourth-order valence-corrected chi connectivity index (χ4v) is 5.07. The molecule has 0 saturated heterocycles. The Morgan fingerprint density at radius 3 is 2.55 bits per heavy atom. The first-order valence-electron chi connectivity index (χ1n) is 9.00. The number of thioether (sulfide) groups is 1. The number of halogens is 2. The lowest BCUT2D eigenvalue weighted by Gasteiger charge is -2.23. The zero-order chi connectivity index (χ0) is 21.4. The van der Waals surface area contributed by atoms with Crippen molar-refractivity contribution >= 4 is 56.6 Å². The van der Waals surface area contributed by atoms with Gasteiger partial charge >= 0.3 is 0 Å². The van der Waals surface area contributed by atoms with Crippen molar-refractivity contribution in [2.75, 3.05) is 29.4 Å². The molecular weight excluding hydrogens is 451 g/mol. The lowest BCUT2D eigenvalue weighted by Crippen LogP contribution is -2.40. The average molecular weight is 475 g/mol. The molecule has 0 unspecified atom stereocenters. The van der Waals surface area contributed by atoms with E-state index in [9.17, 15) is 13.2 Å². The lowest BCUT2D eigenvalue weighted by atomic mass is 10.1. The van der Waals surface area contributed by atoms with Gasteiger partial charge in [0.2, 0.25) is 15.9 Å². The Balaban J connectivity index is 1.81. The molecule has 0 spiro atoms. The van der Waals surface area contributed by atoms with E-state index in [1.54, 1.807) is 11.8 Å². The Kier molecular flexibility index (Phi) is 9.14. The highest BCUT2D eigenvalue weighted by molar-refractivity contribution is 7.98. The molecule has 2 rings (SSSR count). The number of nitrogens with one attached hydrogen (secondary N) is 1. The number of aryl methyl sites for hydroxylation is 1. The van der Waals surface area contributed by atoms with Gasteiger partial charge in [-0.2, -0.15) is 11.8 Å². The van der Waals surface area contributed by atoms with Crippen LogP contribution in [0, 0.1) is 6.92 Å². The molecule has 2 aromatic rings. The van der Waals surface area contributed by atoms with Crippen molar-refractivity contribution in [2.24, 2.45) is 0 Å². The number of hydrogen-bond donors (Lipinski definition) is 1. The molecule has 9 heteroatoms. The van der Waals surface area contributed by atoms with Crippen LogP contribution < -0.4 is 9.62 Å². The summed E-state index contributed by atoms with van der Waals surface area (Å²) in [5.41, 5.74) is 2.81. The van der Waals surface area contributed by atoms with Crippen LogP contribution in [0.1, 0.15) is 17.5 Å². The van der Waals surface area contributed by atoms with E-state index in [0.29, 0.717) is 11.6 Å². The molecule has 5 nitrogen and oxygen atoms in total. The molecule has 29 heavy (non-hydrogen) atoms. The number of carbonyl (C=O) groups excluding carboxylic acids is 1. The Morgan fingerprint density at radius 2 is 1.90 bits per heavy atom. The minimum atomic E-state index is -3.68. The standard InChI is InChI=1S/C20H24Cl2N2O3S2/c1-15-6-3-4-7-16(15)14-28-11-5-10-23-20(25)13-24(29(2,26)27)19-9-8-17(21)12-18(19)22/h3-4,6-9,12H,5,10-11,13-14H2,1-2H3,(H,23,25). The summed E-state index contributed by atoms with van der Waals surface area (Å²) >= 11 is 13.8. The highest BCUT2D eigenvalue weighted by atomic mass is 35.5. The van der Waals surface area contributed by atoms with E-state index in [-0.39, 0.29) is 23.2 Å². The minimum absolute atomic E-state index is 0.170. The zero-order valence-electron chi connectivity index (χ0n) is 16.3. The second-order valence-corrected chi connectivity index (χ2v) is 10.4. The maximum Gasteiger partial charge on any atom is 0.240 e. The number of anilines is 1. The molecule has 0 saturated carbocycles. The van der Waals surface area contributed by atoms with Gasteiger partial charge in [-0.15, -0.1) is 0 Å². The topological polar surface area (TPSA) is 66.5 Å². The molecule has 0 heterocycles. The van der Waals surface area contributed by atoms with Crippen LogP contribution in [-0.4, -0.2) is 39.4 Å². The maximum atomic E-state index is 12.3. The SMILES string of the molecule is Cc1ccccc1CSCCCNC(=O)CN(c1ccc(Cl)cc1Cl)S(C)(=O)=O. The van der Waals surface area contributed by atoms with Gasteiger partial charge in [-0.05, 0) is 48.4 Å². The molecule has 0 aliphatic heterocycles. The molecule has 1 N–H and O–H groups in total. The second-order valence-electron chi connectivity index (χ2n) is 6.55. The Bertz CT molecular complexity index is 952. The van der Waals surface area contributed by atoms with Crippen molar-refractivity contribution < 1.29 is 13.2 Å².